The third-order valence-corrected chi connectivity index (χ3v) is 2.34. The summed E-state index contributed by atoms with van der Waals surface area (Å²) in [6.45, 7) is 6.81. The van der Waals surface area contributed by atoms with E-state index in [0.717, 1.165) is 24.3 Å². The first kappa shape index (κ1) is 13.8. The molecule has 1 aromatic carbocycles. The van der Waals surface area contributed by atoms with Gasteiger partial charge in [-0.15, -0.1) is 0 Å². The van der Waals surface area contributed by atoms with Crippen LogP contribution in [0.3, 0.4) is 0 Å². The number of ether oxygens (including phenoxy) is 2. The minimum Gasteiger partial charge on any atom is -0.490 e. The summed E-state index contributed by atoms with van der Waals surface area (Å²) in [5.41, 5.74) is 5.75. The highest BCUT2D eigenvalue weighted by molar-refractivity contribution is 5.39. The Morgan fingerprint density at radius 1 is 1.18 bits per heavy atom. The fraction of sp³-hybridized carbons (Fsp3) is 0.571. The predicted octanol–water partition coefficient (Wildman–Crippen LogP) is 2.98. The monoisotopic (exact) mass is 237 g/mol. The standard InChI is InChI=1S/C14H23NO2/c1-4-9-16-13-7-5-6-8-14(13)17-12(3)10-11(2)15/h5-8,11-12H,4,9-10,15H2,1-3H3. The summed E-state index contributed by atoms with van der Waals surface area (Å²) in [7, 11) is 0. The van der Waals surface area contributed by atoms with Crippen LogP contribution in [0.1, 0.15) is 33.6 Å². The van der Waals surface area contributed by atoms with Gasteiger partial charge in [0.2, 0.25) is 0 Å². The third kappa shape index (κ3) is 5.09. The fourth-order valence-corrected chi connectivity index (χ4v) is 1.67. The predicted molar refractivity (Wildman–Crippen MR) is 70.6 cm³/mol. The average Bonchev–Trinajstić information content (AvgIpc) is 2.26. The van der Waals surface area contributed by atoms with E-state index in [1.54, 1.807) is 0 Å². The summed E-state index contributed by atoms with van der Waals surface area (Å²) >= 11 is 0. The highest BCUT2D eigenvalue weighted by Crippen LogP contribution is 2.28. The van der Waals surface area contributed by atoms with Crippen LogP contribution in [0.25, 0.3) is 0 Å². The molecular formula is C14H23NO2. The van der Waals surface area contributed by atoms with Crippen molar-refractivity contribution < 1.29 is 9.47 Å². The lowest BCUT2D eigenvalue weighted by Crippen LogP contribution is -2.24. The molecule has 0 aromatic heterocycles. The van der Waals surface area contributed by atoms with Crippen molar-refractivity contribution in [2.45, 2.75) is 45.8 Å². The number of rotatable bonds is 7. The van der Waals surface area contributed by atoms with Crippen molar-refractivity contribution in [2.24, 2.45) is 5.73 Å². The zero-order chi connectivity index (χ0) is 12.7. The van der Waals surface area contributed by atoms with Gasteiger partial charge in [0, 0.05) is 6.04 Å². The van der Waals surface area contributed by atoms with Crippen molar-refractivity contribution in [1.82, 2.24) is 0 Å². The molecule has 0 radical (unpaired) electrons. The van der Waals surface area contributed by atoms with E-state index in [4.69, 9.17) is 15.2 Å². The van der Waals surface area contributed by atoms with Crippen LogP contribution in [-0.4, -0.2) is 18.8 Å². The van der Waals surface area contributed by atoms with E-state index in [1.807, 2.05) is 38.1 Å². The molecule has 17 heavy (non-hydrogen) atoms. The highest BCUT2D eigenvalue weighted by atomic mass is 16.5. The number of hydrogen-bond acceptors (Lipinski definition) is 3. The number of para-hydroxylation sites is 2. The maximum atomic E-state index is 5.85. The van der Waals surface area contributed by atoms with Gasteiger partial charge in [-0.25, -0.2) is 0 Å². The van der Waals surface area contributed by atoms with E-state index in [2.05, 4.69) is 6.92 Å². The first-order chi connectivity index (χ1) is 8.13. The van der Waals surface area contributed by atoms with Gasteiger partial charge in [-0.1, -0.05) is 19.1 Å². The molecule has 2 unspecified atom stereocenters. The molecule has 0 amide bonds. The molecular weight excluding hydrogens is 214 g/mol. The second kappa shape index (κ2) is 7.17. The van der Waals surface area contributed by atoms with Crippen LogP contribution in [0, 0.1) is 0 Å². The molecule has 0 saturated carbocycles. The molecule has 0 spiro atoms. The smallest absolute Gasteiger partial charge is 0.161 e. The zero-order valence-electron chi connectivity index (χ0n) is 11.0. The normalized spacial score (nSPS) is 14.1. The summed E-state index contributed by atoms with van der Waals surface area (Å²) in [4.78, 5) is 0. The molecule has 0 saturated heterocycles. The van der Waals surface area contributed by atoms with Gasteiger partial charge in [0.1, 0.15) is 0 Å². The number of nitrogens with two attached hydrogens (primary N) is 1. The lowest BCUT2D eigenvalue weighted by molar-refractivity contribution is 0.189. The van der Waals surface area contributed by atoms with Crippen molar-refractivity contribution in [1.29, 1.82) is 0 Å². The van der Waals surface area contributed by atoms with Crippen LogP contribution in [0.15, 0.2) is 24.3 Å². The molecule has 3 nitrogen and oxygen atoms in total. The van der Waals surface area contributed by atoms with Crippen LogP contribution >= 0.6 is 0 Å². The first-order valence-corrected chi connectivity index (χ1v) is 6.27. The lowest BCUT2D eigenvalue weighted by atomic mass is 10.2. The van der Waals surface area contributed by atoms with Gasteiger partial charge in [0.05, 0.1) is 12.7 Å². The summed E-state index contributed by atoms with van der Waals surface area (Å²) in [5.74, 6) is 1.61. The Labute approximate surface area is 104 Å². The van der Waals surface area contributed by atoms with E-state index in [1.165, 1.54) is 0 Å². The maximum Gasteiger partial charge on any atom is 0.161 e. The quantitative estimate of drug-likeness (QED) is 0.793. The lowest BCUT2D eigenvalue weighted by Gasteiger charge is -2.18. The molecule has 0 aliphatic carbocycles. The van der Waals surface area contributed by atoms with Crippen molar-refractivity contribution in [3.8, 4) is 11.5 Å². The minimum absolute atomic E-state index is 0.0985. The van der Waals surface area contributed by atoms with Crippen molar-refractivity contribution >= 4 is 0 Å². The summed E-state index contributed by atoms with van der Waals surface area (Å²) in [6, 6.07) is 7.92. The Kier molecular flexibility index (Phi) is 5.84. The molecule has 96 valence electrons. The van der Waals surface area contributed by atoms with Gasteiger partial charge in [0.25, 0.3) is 0 Å². The topological polar surface area (TPSA) is 44.5 Å². The van der Waals surface area contributed by atoms with E-state index in [0.29, 0.717) is 6.61 Å². The van der Waals surface area contributed by atoms with Gasteiger partial charge in [-0.05, 0) is 38.8 Å². The van der Waals surface area contributed by atoms with Crippen molar-refractivity contribution in [3.63, 3.8) is 0 Å². The Morgan fingerprint density at radius 2 is 1.82 bits per heavy atom. The molecule has 3 heteroatoms. The second-order valence-electron chi connectivity index (χ2n) is 4.44. The molecule has 2 N–H and O–H groups in total. The van der Waals surface area contributed by atoms with Gasteiger partial charge in [0.15, 0.2) is 11.5 Å². The molecule has 1 aromatic rings. The van der Waals surface area contributed by atoms with Gasteiger partial charge in [-0.3, -0.25) is 0 Å². The van der Waals surface area contributed by atoms with E-state index in [9.17, 15) is 0 Å². The van der Waals surface area contributed by atoms with Crippen molar-refractivity contribution in [3.05, 3.63) is 24.3 Å². The summed E-state index contributed by atoms with van der Waals surface area (Å²) in [6.07, 6.45) is 1.92. The maximum absolute atomic E-state index is 5.85. The van der Waals surface area contributed by atoms with Crippen LogP contribution in [0.2, 0.25) is 0 Å². The largest absolute Gasteiger partial charge is 0.490 e. The average molecular weight is 237 g/mol. The van der Waals surface area contributed by atoms with Crippen molar-refractivity contribution in [2.75, 3.05) is 6.61 Å². The highest BCUT2D eigenvalue weighted by Gasteiger charge is 2.10. The molecule has 0 aliphatic heterocycles. The van der Waals surface area contributed by atoms with Crippen LogP contribution < -0.4 is 15.2 Å². The molecule has 0 fully saturated rings. The third-order valence-electron chi connectivity index (χ3n) is 2.34. The number of benzene rings is 1. The molecule has 0 heterocycles. The van der Waals surface area contributed by atoms with Gasteiger partial charge < -0.3 is 15.2 Å². The van der Waals surface area contributed by atoms with Crippen LogP contribution in [0.5, 0.6) is 11.5 Å². The van der Waals surface area contributed by atoms with Gasteiger partial charge in [-0.2, -0.15) is 0 Å². The van der Waals surface area contributed by atoms with E-state index in [-0.39, 0.29) is 12.1 Å². The number of hydrogen-bond donors (Lipinski definition) is 1. The molecule has 0 aliphatic rings. The Hall–Kier alpha value is -1.22. The van der Waals surface area contributed by atoms with E-state index >= 15 is 0 Å². The second-order valence-corrected chi connectivity index (χ2v) is 4.44. The molecule has 2 atom stereocenters. The Balaban J connectivity index is 2.62. The Morgan fingerprint density at radius 3 is 2.41 bits per heavy atom. The van der Waals surface area contributed by atoms with Crippen LogP contribution in [-0.2, 0) is 0 Å². The Bertz CT molecular complexity index is 326. The fourth-order valence-electron chi connectivity index (χ4n) is 1.67. The molecule has 1 rings (SSSR count). The summed E-state index contributed by atoms with van der Waals surface area (Å²) < 4.78 is 11.5. The minimum atomic E-state index is 0.0985. The zero-order valence-corrected chi connectivity index (χ0v) is 11.0. The van der Waals surface area contributed by atoms with Gasteiger partial charge >= 0.3 is 0 Å². The first-order valence-electron chi connectivity index (χ1n) is 6.27. The van der Waals surface area contributed by atoms with E-state index < -0.39 is 0 Å². The van der Waals surface area contributed by atoms with Crippen LogP contribution in [0.4, 0.5) is 0 Å². The SMILES string of the molecule is CCCOc1ccccc1OC(C)CC(C)N. The molecule has 0 bridgehead atoms. The summed E-state index contributed by atoms with van der Waals surface area (Å²) in [5, 5.41) is 0.